The Morgan fingerprint density at radius 3 is 2.76 bits per heavy atom. The lowest BCUT2D eigenvalue weighted by molar-refractivity contribution is 0.553. The molecular formula is C12H14ClN3S. The number of nitrogens with zero attached hydrogens (tertiary/aromatic N) is 1. The largest absolute Gasteiger partial charge is 0.271 e. The van der Waals surface area contributed by atoms with Crippen LogP contribution in [0.15, 0.2) is 30.5 Å². The number of nitrogens with two attached hydrogens (primary N) is 1. The molecule has 3 nitrogen and oxygen atoms in total. The van der Waals surface area contributed by atoms with Crippen LogP contribution in [0.3, 0.4) is 0 Å². The highest BCUT2D eigenvalue weighted by Crippen LogP contribution is 2.26. The molecule has 0 amide bonds. The molecule has 17 heavy (non-hydrogen) atoms. The molecule has 90 valence electrons. The van der Waals surface area contributed by atoms with Crippen LogP contribution in [0, 0.1) is 6.92 Å². The van der Waals surface area contributed by atoms with Crippen LogP contribution in [-0.2, 0) is 6.42 Å². The van der Waals surface area contributed by atoms with Gasteiger partial charge in [0, 0.05) is 23.2 Å². The summed E-state index contributed by atoms with van der Waals surface area (Å²) in [5, 5.41) is 0. The van der Waals surface area contributed by atoms with Gasteiger partial charge in [0.05, 0.1) is 10.4 Å². The Balaban J connectivity index is 2.13. The molecule has 0 aliphatic carbocycles. The second-order valence-electron chi connectivity index (χ2n) is 3.86. The molecule has 0 fully saturated rings. The van der Waals surface area contributed by atoms with Crippen LogP contribution < -0.4 is 11.3 Å². The molecule has 0 bridgehead atoms. The van der Waals surface area contributed by atoms with Gasteiger partial charge in [0.15, 0.2) is 0 Å². The minimum atomic E-state index is 0.0674. The fourth-order valence-corrected chi connectivity index (χ4v) is 2.75. The molecule has 2 heterocycles. The van der Waals surface area contributed by atoms with Gasteiger partial charge >= 0.3 is 0 Å². The van der Waals surface area contributed by atoms with Gasteiger partial charge in [-0.3, -0.25) is 16.3 Å². The zero-order valence-electron chi connectivity index (χ0n) is 9.48. The van der Waals surface area contributed by atoms with Crippen molar-refractivity contribution in [2.45, 2.75) is 19.4 Å². The molecule has 0 aromatic carbocycles. The van der Waals surface area contributed by atoms with Crippen molar-refractivity contribution >= 4 is 22.9 Å². The second-order valence-corrected chi connectivity index (χ2v) is 5.66. The fourth-order valence-electron chi connectivity index (χ4n) is 1.62. The van der Waals surface area contributed by atoms with Gasteiger partial charge in [-0.05, 0) is 30.7 Å². The number of hydrazine groups is 1. The highest BCUT2D eigenvalue weighted by atomic mass is 35.5. The van der Waals surface area contributed by atoms with E-state index < -0.39 is 0 Å². The first-order chi connectivity index (χ1) is 8.19. The summed E-state index contributed by atoms with van der Waals surface area (Å²) in [5.41, 5.74) is 4.91. The molecule has 1 unspecified atom stereocenters. The predicted octanol–water partition coefficient (Wildman–Crippen LogP) is 2.85. The van der Waals surface area contributed by atoms with Gasteiger partial charge in [-0.2, -0.15) is 0 Å². The molecule has 2 aromatic rings. The Morgan fingerprint density at radius 2 is 2.24 bits per heavy atom. The molecule has 2 rings (SSSR count). The van der Waals surface area contributed by atoms with Crippen LogP contribution in [0.25, 0.3) is 0 Å². The third-order valence-corrected chi connectivity index (χ3v) is 3.83. The SMILES string of the molecule is Cc1ccc(C(Cc2ccc(Cl)s2)NN)cn1. The van der Waals surface area contributed by atoms with E-state index in [4.69, 9.17) is 17.4 Å². The number of rotatable bonds is 4. The Bertz CT molecular complexity index is 481. The van der Waals surface area contributed by atoms with Crippen molar-refractivity contribution in [1.29, 1.82) is 0 Å². The summed E-state index contributed by atoms with van der Waals surface area (Å²) in [5.74, 6) is 5.59. The van der Waals surface area contributed by atoms with Crippen LogP contribution >= 0.6 is 22.9 Å². The van der Waals surface area contributed by atoms with Gasteiger partial charge in [-0.25, -0.2) is 0 Å². The first-order valence-electron chi connectivity index (χ1n) is 5.32. The molecule has 0 saturated carbocycles. The Hall–Kier alpha value is -0.940. The molecular weight excluding hydrogens is 254 g/mol. The van der Waals surface area contributed by atoms with Crippen LogP contribution in [0.1, 0.15) is 22.2 Å². The number of aryl methyl sites for hydroxylation is 1. The predicted molar refractivity (Wildman–Crippen MR) is 72.1 cm³/mol. The summed E-state index contributed by atoms with van der Waals surface area (Å²) < 4.78 is 0.804. The van der Waals surface area contributed by atoms with E-state index in [1.165, 1.54) is 4.88 Å². The van der Waals surface area contributed by atoms with Crippen molar-refractivity contribution in [1.82, 2.24) is 10.4 Å². The molecule has 3 N–H and O–H groups in total. The number of aromatic nitrogens is 1. The normalized spacial score (nSPS) is 12.6. The van der Waals surface area contributed by atoms with Crippen molar-refractivity contribution < 1.29 is 0 Å². The molecule has 0 saturated heterocycles. The summed E-state index contributed by atoms with van der Waals surface area (Å²) in [6, 6.07) is 8.03. The first-order valence-corrected chi connectivity index (χ1v) is 6.51. The van der Waals surface area contributed by atoms with Gasteiger partial charge in [-0.15, -0.1) is 11.3 Å². The van der Waals surface area contributed by atoms with Crippen molar-refractivity contribution in [3.63, 3.8) is 0 Å². The van der Waals surface area contributed by atoms with Crippen LogP contribution in [0.5, 0.6) is 0 Å². The topological polar surface area (TPSA) is 50.9 Å². The smallest absolute Gasteiger partial charge is 0.0931 e. The van der Waals surface area contributed by atoms with Crippen LogP contribution in [-0.4, -0.2) is 4.98 Å². The lowest BCUT2D eigenvalue weighted by Crippen LogP contribution is -2.29. The van der Waals surface area contributed by atoms with Crippen molar-refractivity contribution in [2.24, 2.45) is 5.84 Å². The lowest BCUT2D eigenvalue weighted by Gasteiger charge is -2.15. The van der Waals surface area contributed by atoms with Gasteiger partial charge in [0.1, 0.15) is 0 Å². The minimum Gasteiger partial charge on any atom is -0.271 e. The van der Waals surface area contributed by atoms with Crippen LogP contribution in [0.4, 0.5) is 0 Å². The van der Waals surface area contributed by atoms with Gasteiger partial charge in [0.2, 0.25) is 0 Å². The zero-order valence-corrected chi connectivity index (χ0v) is 11.1. The monoisotopic (exact) mass is 267 g/mol. The van der Waals surface area contributed by atoms with E-state index in [1.54, 1.807) is 11.3 Å². The highest BCUT2D eigenvalue weighted by Gasteiger charge is 2.12. The van der Waals surface area contributed by atoms with E-state index in [-0.39, 0.29) is 6.04 Å². The average molecular weight is 268 g/mol. The maximum absolute atomic E-state index is 5.91. The molecule has 0 aliphatic rings. The average Bonchev–Trinajstić information content (AvgIpc) is 2.73. The Morgan fingerprint density at radius 1 is 1.41 bits per heavy atom. The number of hydrogen-bond donors (Lipinski definition) is 2. The van der Waals surface area contributed by atoms with Gasteiger partial charge in [0.25, 0.3) is 0 Å². The third kappa shape index (κ3) is 3.26. The Kier molecular flexibility index (Phi) is 4.12. The van der Waals surface area contributed by atoms with Gasteiger partial charge < -0.3 is 0 Å². The third-order valence-electron chi connectivity index (χ3n) is 2.57. The number of halogens is 1. The van der Waals surface area contributed by atoms with Crippen molar-refractivity contribution in [2.75, 3.05) is 0 Å². The number of thiophene rings is 1. The minimum absolute atomic E-state index is 0.0674. The molecule has 0 aliphatic heterocycles. The van der Waals surface area contributed by atoms with E-state index in [2.05, 4.69) is 10.4 Å². The van der Waals surface area contributed by atoms with E-state index in [1.807, 2.05) is 37.4 Å². The molecule has 0 radical (unpaired) electrons. The number of pyridine rings is 1. The highest BCUT2D eigenvalue weighted by molar-refractivity contribution is 7.16. The molecule has 5 heteroatoms. The lowest BCUT2D eigenvalue weighted by atomic mass is 10.1. The summed E-state index contributed by atoms with van der Waals surface area (Å²) in [6.07, 6.45) is 2.67. The van der Waals surface area contributed by atoms with E-state index in [9.17, 15) is 0 Å². The maximum atomic E-state index is 5.91. The molecule has 2 aromatic heterocycles. The summed E-state index contributed by atoms with van der Waals surface area (Å²) in [7, 11) is 0. The fraction of sp³-hybridized carbons (Fsp3) is 0.250. The van der Waals surface area contributed by atoms with E-state index in [0.29, 0.717) is 0 Å². The summed E-state index contributed by atoms with van der Waals surface area (Å²) in [4.78, 5) is 5.48. The molecule has 1 atom stereocenters. The maximum Gasteiger partial charge on any atom is 0.0931 e. The summed E-state index contributed by atoms with van der Waals surface area (Å²) in [6.45, 7) is 1.97. The van der Waals surface area contributed by atoms with E-state index >= 15 is 0 Å². The van der Waals surface area contributed by atoms with Crippen molar-refractivity contribution in [3.8, 4) is 0 Å². The standard InChI is InChI=1S/C12H14ClN3S/c1-8-2-3-9(7-15-8)11(16-14)6-10-4-5-12(13)17-10/h2-5,7,11,16H,6,14H2,1H3. The molecule has 0 spiro atoms. The zero-order chi connectivity index (χ0) is 12.3. The van der Waals surface area contributed by atoms with Gasteiger partial charge in [-0.1, -0.05) is 17.7 Å². The van der Waals surface area contributed by atoms with Crippen LogP contribution in [0.2, 0.25) is 4.34 Å². The summed E-state index contributed by atoms with van der Waals surface area (Å²) >= 11 is 7.49. The first kappa shape index (κ1) is 12.5. The number of hydrogen-bond acceptors (Lipinski definition) is 4. The number of nitrogens with one attached hydrogen (secondary N) is 1. The Labute approximate surface area is 110 Å². The second kappa shape index (κ2) is 5.60. The van der Waals surface area contributed by atoms with E-state index in [0.717, 1.165) is 22.0 Å². The quantitative estimate of drug-likeness (QED) is 0.662. The van der Waals surface area contributed by atoms with Crippen molar-refractivity contribution in [3.05, 3.63) is 50.9 Å².